The summed E-state index contributed by atoms with van der Waals surface area (Å²) in [5, 5.41) is 0. The Labute approximate surface area is 154 Å². The molecule has 0 spiro atoms. The Morgan fingerprint density at radius 1 is 0.960 bits per heavy atom. The van der Waals surface area contributed by atoms with Crippen molar-refractivity contribution in [1.29, 1.82) is 0 Å². The smallest absolute Gasteiger partial charge is 0.118 e. The van der Waals surface area contributed by atoms with Crippen LogP contribution >= 0.6 is 0 Å². The highest BCUT2D eigenvalue weighted by atomic mass is 16.5. The number of hydrogen-bond acceptors (Lipinski definition) is 3. The highest BCUT2D eigenvalue weighted by Crippen LogP contribution is 2.25. The monoisotopic (exact) mass is 344 g/mol. The summed E-state index contributed by atoms with van der Waals surface area (Å²) in [5.41, 5.74) is 1.41. The number of methoxy groups -OCH3 is 1. The number of likely N-dealkylation sites (tertiary alicyclic amines) is 1. The van der Waals surface area contributed by atoms with Crippen LogP contribution in [0, 0.1) is 5.92 Å². The molecule has 3 nitrogen and oxygen atoms in total. The topological polar surface area (TPSA) is 15.7 Å². The highest BCUT2D eigenvalue weighted by molar-refractivity contribution is 5.27. The lowest BCUT2D eigenvalue weighted by atomic mass is 9.89. The number of rotatable bonds is 8. The molecule has 0 unspecified atom stereocenters. The zero-order valence-corrected chi connectivity index (χ0v) is 16.1. The van der Waals surface area contributed by atoms with Crippen molar-refractivity contribution in [2.24, 2.45) is 5.92 Å². The lowest BCUT2D eigenvalue weighted by molar-refractivity contribution is 0.151. The molecule has 1 heterocycles. The van der Waals surface area contributed by atoms with Crippen molar-refractivity contribution < 1.29 is 4.74 Å². The minimum Gasteiger partial charge on any atom is -0.497 e. The van der Waals surface area contributed by atoms with Crippen LogP contribution in [0.25, 0.3) is 0 Å². The second kappa shape index (κ2) is 10.2. The third-order valence-electron chi connectivity index (χ3n) is 5.99. The maximum absolute atomic E-state index is 5.30. The van der Waals surface area contributed by atoms with Gasteiger partial charge in [-0.1, -0.05) is 37.8 Å². The Morgan fingerprint density at radius 3 is 2.32 bits per heavy atom. The molecule has 0 N–H and O–H groups in total. The molecule has 0 bridgehead atoms. The van der Waals surface area contributed by atoms with Crippen molar-refractivity contribution in [1.82, 2.24) is 9.80 Å². The van der Waals surface area contributed by atoms with Gasteiger partial charge in [0.15, 0.2) is 0 Å². The molecule has 2 aliphatic rings. The van der Waals surface area contributed by atoms with E-state index in [1.165, 1.54) is 89.7 Å². The van der Waals surface area contributed by atoms with Gasteiger partial charge in [-0.15, -0.1) is 0 Å². The van der Waals surface area contributed by atoms with Crippen LogP contribution in [0.2, 0.25) is 0 Å². The van der Waals surface area contributed by atoms with E-state index in [2.05, 4.69) is 34.1 Å². The first-order chi connectivity index (χ1) is 12.3. The molecule has 25 heavy (non-hydrogen) atoms. The Balaban J connectivity index is 1.55. The molecule has 1 aromatic carbocycles. The molecule has 0 amide bonds. The van der Waals surface area contributed by atoms with Gasteiger partial charge in [0.25, 0.3) is 0 Å². The maximum atomic E-state index is 5.30. The first kappa shape index (κ1) is 18.7. The summed E-state index contributed by atoms with van der Waals surface area (Å²) in [5.74, 6) is 1.87. The molecule has 2 fully saturated rings. The first-order valence-electron chi connectivity index (χ1n) is 10.4. The molecule has 1 saturated heterocycles. The molecule has 0 radical (unpaired) electrons. The zero-order valence-electron chi connectivity index (χ0n) is 16.1. The molecule has 1 saturated carbocycles. The summed E-state index contributed by atoms with van der Waals surface area (Å²) in [4.78, 5) is 5.39. The van der Waals surface area contributed by atoms with Gasteiger partial charge in [0, 0.05) is 26.2 Å². The van der Waals surface area contributed by atoms with Crippen LogP contribution in [0.3, 0.4) is 0 Å². The van der Waals surface area contributed by atoms with Crippen LogP contribution < -0.4 is 4.74 Å². The maximum Gasteiger partial charge on any atom is 0.118 e. The molecule has 1 aliphatic carbocycles. The summed E-state index contributed by atoms with van der Waals surface area (Å²) >= 11 is 0. The van der Waals surface area contributed by atoms with Crippen LogP contribution in [0.1, 0.15) is 56.9 Å². The fourth-order valence-corrected chi connectivity index (χ4v) is 4.42. The summed E-state index contributed by atoms with van der Waals surface area (Å²) in [6, 6.07) is 8.65. The lowest BCUT2D eigenvalue weighted by Crippen LogP contribution is -2.39. The number of benzene rings is 1. The van der Waals surface area contributed by atoms with Gasteiger partial charge in [-0.05, 0) is 62.4 Å². The van der Waals surface area contributed by atoms with E-state index in [0.29, 0.717) is 0 Å². The second-order valence-corrected chi connectivity index (χ2v) is 7.99. The van der Waals surface area contributed by atoms with Gasteiger partial charge in [-0.2, -0.15) is 0 Å². The van der Waals surface area contributed by atoms with E-state index in [1.807, 2.05) is 0 Å². The second-order valence-electron chi connectivity index (χ2n) is 7.99. The molecule has 1 aromatic rings. The van der Waals surface area contributed by atoms with E-state index in [9.17, 15) is 0 Å². The Kier molecular flexibility index (Phi) is 7.62. The number of nitrogens with zero attached hydrogens (tertiary/aromatic N) is 2. The van der Waals surface area contributed by atoms with Crippen LogP contribution in [0.5, 0.6) is 5.75 Å². The van der Waals surface area contributed by atoms with E-state index >= 15 is 0 Å². The van der Waals surface area contributed by atoms with Crippen molar-refractivity contribution in [2.45, 2.75) is 57.9 Å². The van der Waals surface area contributed by atoms with Crippen LogP contribution in [-0.4, -0.2) is 49.6 Å². The SMILES string of the molecule is COc1ccc(CN(CCN2CCCCC2)CC2CCCCC2)cc1. The minimum atomic E-state index is 0.911. The summed E-state index contributed by atoms with van der Waals surface area (Å²) in [6.45, 7) is 7.42. The molecule has 140 valence electrons. The molecular weight excluding hydrogens is 308 g/mol. The van der Waals surface area contributed by atoms with Crippen LogP contribution in [0.4, 0.5) is 0 Å². The zero-order chi connectivity index (χ0) is 17.3. The van der Waals surface area contributed by atoms with E-state index in [-0.39, 0.29) is 0 Å². The first-order valence-corrected chi connectivity index (χ1v) is 10.4. The van der Waals surface area contributed by atoms with Crippen LogP contribution in [0.15, 0.2) is 24.3 Å². The fraction of sp³-hybridized carbons (Fsp3) is 0.727. The van der Waals surface area contributed by atoms with Gasteiger partial charge < -0.3 is 9.64 Å². The largest absolute Gasteiger partial charge is 0.497 e. The molecule has 1 aliphatic heterocycles. The summed E-state index contributed by atoms with van der Waals surface area (Å²) < 4.78 is 5.30. The van der Waals surface area contributed by atoms with Gasteiger partial charge >= 0.3 is 0 Å². The molecule has 3 rings (SSSR count). The lowest BCUT2D eigenvalue weighted by Gasteiger charge is -2.33. The molecule has 0 aromatic heterocycles. The quantitative estimate of drug-likeness (QED) is 0.687. The Hall–Kier alpha value is -1.06. The summed E-state index contributed by atoms with van der Waals surface area (Å²) in [6.07, 6.45) is 11.4. The average Bonchev–Trinajstić information content (AvgIpc) is 2.68. The Bertz CT molecular complexity index is 475. The van der Waals surface area contributed by atoms with E-state index < -0.39 is 0 Å². The standard InChI is InChI=1S/C22H36N2O/c1-25-22-12-10-21(11-13-22)19-24(18-20-8-4-2-5-9-20)17-16-23-14-6-3-7-15-23/h10-13,20H,2-9,14-19H2,1H3. The number of hydrogen-bond donors (Lipinski definition) is 0. The normalized spacial score (nSPS) is 20.1. The van der Waals surface area contributed by atoms with Gasteiger partial charge in [0.05, 0.1) is 7.11 Å². The molecule has 3 heteroatoms. The predicted molar refractivity (Wildman–Crippen MR) is 105 cm³/mol. The minimum absolute atomic E-state index is 0.911. The Morgan fingerprint density at radius 2 is 1.64 bits per heavy atom. The van der Waals surface area contributed by atoms with E-state index in [4.69, 9.17) is 4.74 Å². The number of ether oxygens (including phenoxy) is 1. The van der Waals surface area contributed by atoms with Crippen molar-refractivity contribution in [2.75, 3.05) is 39.8 Å². The van der Waals surface area contributed by atoms with Crippen molar-refractivity contribution in [3.8, 4) is 5.75 Å². The van der Waals surface area contributed by atoms with Gasteiger partial charge in [-0.25, -0.2) is 0 Å². The molecule has 0 atom stereocenters. The molecular formula is C22H36N2O. The third-order valence-corrected chi connectivity index (χ3v) is 5.99. The fourth-order valence-electron chi connectivity index (χ4n) is 4.42. The average molecular weight is 345 g/mol. The highest BCUT2D eigenvalue weighted by Gasteiger charge is 2.19. The van der Waals surface area contributed by atoms with Gasteiger partial charge in [0.2, 0.25) is 0 Å². The van der Waals surface area contributed by atoms with E-state index in [1.54, 1.807) is 7.11 Å². The predicted octanol–water partition coefficient (Wildman–Crippen LogP) is 4.56. The number of piperidine rings is 1. The van der Waals surface area contributed by atoms with Crippen LogP contribution in [-0.2, 0) is 6.54 Å². The van der Waals surface area contributed by atoms with Crippen molar-refractivity contribution >= 4 is 0 Å². The third kappa shape index (κ3) is 6.31. The van der Waals surface area contributed by atoms with Crippen molar-refractivity contribution in [3.63, 3.8) is 0 Å². The summed E-state index contributed by atoms with van der Waals surface area (Å²) in [7, 11) is 1.74. The van der Waals surface area contributed by atoms with Gasteiger partial charge in [-0.3, -0.25) is 4.90 Å². The van der Waals surface area contributed by atoms with Crippen molar-refractivity contribution in [3.05, 3.63) is 29.8 Å². The van der Waals surface area contributed by atoms with Gasteiger partial charge in [0.1, 0.15) is 5.75 Å². The van der Waals surface area contributed by atoms with E-state index in [0.717, 1.165) is 18.2 Å².